The summed E-state index contributed by atoms with van der Waals surface area (Å²) in [5.41, 5.74) is 0.613. The van der Waals surface area contributed by atoms with Crippen molar-refractivity contribution < 1.29 is 9.47 Å². The molecule has 0 saturated carbocycles. The predicted molar refractivity (Wildman–Crippen MR) is 56.0 cm³/mol. The van der Waals surface area contributed by atoms with Crippen LogP contribution in [0.1, 0.15) is 19.5 Å². The molecule has 0 aliphatic rings. The largest absolute Gasteiger partial charge is 0.342 e. The topological polar surface area (TPSA) is 44.2 Å². The summed E-state index contributed by atoms with van der Waals surface area (Å²) in [6.07, 6.45) is 4.32. The van der Waals surface area contributed by atoms with Gasteiger partial charge in [-0.05, 0) is 25.7 Å². The minimum absolute atomic E-state index is 0.484. The van der Waals surface area contributed by atoms with Crippen molar-refractivity contribution in [1.29, 1.82) is 0 Å². The molecule has 1 aromatic rings. The lowest BCUT2D eigenvalue weighted by Crippen LogP contribution is -2.14. The Labute approximate surface area is 89.7 Å². The van der Waals surface area contributed by atoms with E-state index >= 15 is 0 Å². The molecule has 0 bridgehead atoms. The maximum absolute atomic E-state index is 5.26. The Morgan fingerprint density at radius 1 is 1.27 bits per heavy atom. The number of aromatic nitrogens is 2. The van der Waals surface area contributed by atoms with E-state index in [1.165, 1.54) is 0 Å². The predicted octanol–water partition coefficient (Wildman–Crippen LogP) is 1.23. The second-order valence-electron chi connectivity index (χ2n) is 2.60. The smallest absolute Gasteiger partial charge is 0.222 e. The van der Waals surface area contributed by atoms with Gasteiger partial charge in [0, 0.05) is 25.6 Å². The maximum atomic E-state index is 5.26. The third kappa shape index (κ3) is 4.54. The van der Waals surface area contributed by atoms with Crippen LogP contribution < -0.4 is 0 Å². The van der Waals surface area contributed by atoms with Gasteiger partial charge in [-0.2, -0.15) is 0 Å². The highest BCUT2D eigenvalue weighted by atomic mass is 16.7. The lowest BCUT2D eigenvalue weighted by Gasteiger charge is -2.09. The molecule has 0 spiro atoms. The van der Waals surface area contributed by atoms with Crippen molar-refractivity contribution in [3.63, 3.8) is 0 Å². The highest BCUT2D eigenvalue weighted by Crippen LogP contribution is 1.94. The van der Waals surface area contributed by atoms with Crippen LogP contribution in [0.4, 0.5) is 0 Å². The molecule has 0 unspecified atom stereocenters. The van der Waals surface area contributed by atoms with Crippen LogP contribution in [-0.4, -0.2) is 29.5 Å². The molecule has 0 fully saturated rings. The van der Waals surface area contributed by atoms with Crippen LogP contribution in [0.25, 0.3) is 0 Å². The van der Waals surface area contributed by atoms with Gasteiger partial charge in [0.25, 0.3) is 0 Å². The molecule has 80 valence electrons. The first-order chi connectivity index (χ1) is 7.36. The van der Waals surface area contributed by atoms with Gasteiger partial charge in [-0.1, -0.05) is 0 Å². The summed E-state index contributed by atoms with van der Waals surface area (Å²) in [4.78, 5) is 7.93. The molecule has 1 heterocycles. The van der Waals surface area contributed by atoms with Crippen LogP contribution >= 0.6 is 0 Å². The van der Waals surface area contributed by atoms with Crippen molar-refractivity contribution in [1.82, 2.24) is 9.97 Å². The van der Waals surface area contributed by atoms with E-state index < -0.39 is 6.29 Å². The number of rotatable bonds is 4. The van der Waals surface area contributed by atoms with E-state index in [1.54, 1.807) is 18.6 Å². The third-order valence-electron chi connectivity index (χ3n) is 1.52. The van der Waals surface area contributed by atoms with Crippen molar-refractivity contribution >= 4 is 0 Å². The van der Waals surface area contributed by atoms with Gasteiger partial charge in [0.05, 0.1) is 6.20 Å². The number of hydrogen-bond donors (Lipinski definition) is 0. The average Bonchev–Trinajstić information content (AvgIpc) is 2.28. The molecule has 4 heteroatoms. The summed E-state index contributed by atoms with van der Waals surface area (Å²) in [7, 11) is 0. The van der Waals surface area contributed by atoms with Crippen LogP contribution in [0.2, 0.25) is 0 Å². The minimum Gasteiger partial charge on any atom is -0.342 e. The molecule has 1 rings (SSSR count). The van der Waals surface area contributed by atoms with Crippen molar-refractivity contribution in [2.75, 3.05) is 13.2 Å². The normalized spacial score (nSPS) is 9.80. The average molecular weight is 206 g/mol. The molecule has 0 amide bonds. The standard InChI is InChI=1S/C11H14N2O2/c1-3-14-11(15-4-2)6-5-10-9-12-7-8-13-10/h7-9,11H,3-4H2,1-2H3. The first-order valence-electron chi connectivity index (χ1n) is 4.87. The SMILES string of the molecule is CCOC(C#Cc1cnccn1)OCC. The molecular formula is C11H14N2O2. The van der Waals surface area contributed by atoms with Gasteiger partial charge in [0.15, 0.2) is 0 Å². The molecule has 15 heavy (non-hydrogen) atoms. The van der Waals surface area contributed by atoms with Gasteiger partial charge >= 0.3 is 0 Å². The first kappa shape index (κ1) is 11.6. The second kappa shape index (κ2) is 6.93. The molecule has 0 aromatic carbocycles. The second-order valence-corrected chi connectivity index (χ2v) is 2.60. The molecule has 0 radical (unpaired) electrons. The highest BCUT2D eigenvalue weighted by Gasteiger charge is 2.01. The number of nitrogens with zero attached hydrogens (tertiary/aromatic N) is 2. The molecule has 1 aromatic heterocycles. The number of ether oxygens (including phenoxy) is 2. The van der Waals surface area contributed by atoms with Gasteiger partial charge in [0.1, 0.15) is 5.69 Å². The van der Waals surface area contributed by atoms with Crippen molar-refractivity contribution in [3.05, 3.63) is 24.3 Å². The van der Waals surface area contributed by atoms with Crippen LogP contribution in [-0.2, 0) is 9.47 Å². The fourth-order valence-corrected chi connectivity index (χ4v) is 0.931. The molecule has 0 aliphatic carbocycles. The van der Waals surface area contributed by atoms with Gasteiger partial charge in [0.2, 0.25) is 6.29 Å². The minimum atomic E-state index is -0.484. The summed E-state index contributed by atoms with van der Waals surface area (Å²) < 4.78 is 10.5. The lowest BCUT2D eigenvalue weighted by molar-refractivity contribution is -0.0969. The van der Waals surface area contributed by atoms with Crippen LogP contribution in [0.3, 0.4) is 0 Å². The summed E-state index contributed by atoms with van der Waals surface area (Å²) in [5, 5.41) is 0. The van der Waals surface area contributed by atoms with Crippen LogP contribution in [0, 0.1) is 11.8 Å². The molecule has 0 saturated heterocycles. The van der Waals surface area contributed by atoms with Crippen LogP contribution in [0.15, 0.2) is 18.6 Å². The van der Waals surface area contributed by atoms with Crippen LogP contribution in [0.5, 0.6) is 0 Å². The fraction of sp³-hybridized carbons (Fsp3) is 0.455. The van der Waals surface area contributed by atoms with E-state index in [9.17, 15) is 0 Å². The zero-order chi connectivity index (χ0) is 10.9. The Morgan fingerprint density at radius 3 is 2.53 bits per heavy atom. The summed E-state index contributed by atoms with van der Waals surface area (Å²) >= 11 is 0. The molecule has 4 nitrogen and oxygen atoms in total. The van der Waals surface area contributed by atoms with E-state index in [-0.39, 0.29) is 0 Å². The van der Waals surface area contributed by atoms with Crippen molar-refractivity contribution in [2.24, 2.45) is 0 Å². The van der Waals surface area contributed by atoms with E-state index in [1.807, 2.05) is 13.8 Å². The van der Waals surface area contributed by atoms with Gasteiger partial charge in [-0.15, -0.1) is 0 Å². The van der Waals surface area contributed by atoms with Gasteiger partial charge in [-0.3, -0.25) is 4.98 Å². The van der Waals surface area contributed by atoms with Crippen molar-refractivity contribution in [2.45, 2.75) is 20.1 Å². The summed E-state index contributed by atoms with van der Waals surface area (Å²) in [6.45, 7) is 4.94. The number of hydrogen-bond acceptors (Lipinski definition) is 4. The lowest BCUT2D eigenvalue weighted by atomic mass is 10.4. The Hall–Kier alpha value is -1.44. The maximum Gasteiger partial charge on any atom is 0.222 e. The zero-order valence-corrected chi connectivity index (χ0v) is 8.93. The van der Waals surface area contributed by atoms with Gasteiger partial charge < -0.3 is 9.47 Å². The van der Waals surface area contributed by atoms with Gasteiger partial charge in [-0.25, -0.2) is 4.98 Å². The summed E-state index contributed by atoms with van der Waals surface area (Å²) in [6, 6.07) is 0. The molecular weight excluding hydrogens is 192 g/mol. The Balaban J connectivity index is 2.60. The molecule has 0 atom stereocenters. The zero-order valence-electron chi connectivity index (χ0n) is 8.93. The van der Waals surface area contributed by atoms with E-state index in [0.717, 1.165) is 0 Å². The van der Waals surface area contributed by atoms with Crippen molar-refractivity contribution in [3.8, 4) is 11.8 Å². The first-order valence-corrected chi connectivity index (χ1v) is 4.87. The fourth-order valence-electron chi connectivity index (χ4n) is 0.931. The Kier molecular flexibility index (Phi) is 5.38. The highest BCUT2D eigenvalue weighted by molar-refractivity contribution is 5.24. The van der Waals surface area contributed by atoms with E-state index in [4.69, 9.17) is 9.47 Å². The Bertz CT molecular complexity index is 323. The Morgan fingerprint density at radius 2 is 2.00 bits per heavy atom. The molecule has 0 aliphatic heterocycles. The monoisotopic (exact) mass is 206 g/mol. The summed E-state index contributed by atoms with van der Waals surface area (Å²) in [5.74, 6) is 5.68. The van der Waals surface area contributed by atoms with E-state index in [2.05, 4.69) is 21.8 Å². The third-order valence-corrected chi connectivity index (χ3v) is 1.52. The van der Waals surface area contributed by atoms with E-state index in [0.29, 0.717) is 18.9 Å². The quantitative estimate of drug-likeness (QED) is 0.549. The molecule has 0 N–H and O–H groups in total.